The zero-order valence-corrected chi connectivity index (χ0v) is 9.04. The van der Waals surface area contributed by atoms with E-state index in [0.717, 1.165) is 0 Å². The Kier molecular flexibility index (Phi) is 3.35. The molecule has 0 saturated carbocycles. The van der Waals surface area contributed by atoms with Crippen LogP contribution in [0, 0.1) is 0 Å². The van der Waals surface area contributed by atoms with E-state index < -0.39 is 5.97 Å². The molecule has 0 aliphatic rings. The quantitative estimate of drug-likeness (QED) is 0.874. The average Bonchev–Trinajstić information content (AvgIpc) is 2.38. The molecule has 1 N–H and O–H groups in total. The molecule has 0 aliphatic carbocycles. The Balaban J connectivity index is 2.12. The second-order valence-electron chi connectivity index (χ2n) is 3.44. The van der Waals surface area contributed by atoms with E-state index in [1.165, 1.54) is 18.5 Å². The minimum atomic E-state index is -0.973. The van der Waals surface area contributed by atoms with Crippen molar-refractivity contribution < 1.29 is 14.6 Å². The summed E-state index contributed by atoms with van der Waals surface area (Å²) in [7, 11) is 0. The smallest absolute Gasteiger partial charge is 0.336 e. The average molecular weight is 229 g/mol. The molecule has 0 radical (unpaired) electrons. The number of carboxylic acid groups (broad SMARTS) is 1. The number of ether oxygens (including phenoxy) is 1. The van der Waals surface area contributed by atoms with Crippen LogP contribution in [0.5, 0.6) is 5.75 Å². The fourth-order valence-electron chi connectivity index (χ4n) is 1.43. The summed E-state index contributed by atoms with van der Waals surface area (Å²) in [6.07, 6.45) is 2.96. The van der Waals surface area contributed by atoms with Crippen molar-refractivity contribution >= 4 is 5.97 Å². The van der Waals surface area contributed by atoms with Crippen LogP contribution in [0.4, 0.5) is 0 Å². The third-order valence-electron chi connectivity index (χ3n) is 2.27. The van der Waals surface area contributed by atoms with Crippen LogP contribution in [-0.4, -0.2) is 16.1 Å². The standard InChI is InChI=1S/C13H11NO3/c15-13(16)12-6-7-14-8-10(12)9-17-11-4-2-1-3-5-11/h1-8H,9H2,(H,15,16). The van der Waals surface area contributed by atoms with Crippen LogP contribution in [-0.2, 0) is 6.61 Å². The maximum atomic E-state index is 10.9. The number of aromatic carboxylic acids is 1. The van der Waals surface area contributed by atoms with Gasteiger partial charge < -0.3 is 9.84 Å². The number of rotatable bonds is 4. The van der Waals surface area contributed by atoms with E-state index in [9.17, 15) is 4.79 Å². The Labute approximate surface area is 98.5 Å². The summed E-state index contributed by atoms with van der Waals surface area (Å²) in [6.45, 7) is 0.194. The molecule has 0 fully saturated rings. The van der Waals surface area contributed by atoms with E-state index in [-0.39, 0.29) is 12.2 Å². The lowest BCUT2D eigenvalue weighted by Gasteiger charge is -2.07. The molecule has 1 heterocycles. The first-order valence-corrected chi connectivity index (χ1v) is 5.11. The van der Waals surface area contributed by atoms with Gasteiger partial charge in [0.05, 0.1) is 5.56 Å². The minimum absolute atomic E-state index is 0.194. The second kappa shape index (κ2) is 5.12. The summed E-state index contributed by atoms with van der Waals surface area (Å²) < 4.78 is 5.48. The molecule has 0 saturated heterocycles. The number of aromatic nitrogens is 1. The van der Waals surface area contributed by atoms with Gasteiger partial charge in [0.25, 0.3) is 0 Å². The van der Waals surface area contributed by atoms with Crippen LogP contribution in [0.25, 0.3) is 0 Å². The Morgan fingerprint density at radius 2 is 2.00 bits per heavy atom. The van der Waals surface area contributed by atoms with Gasteiger partial charge in [0.2, 0.25) is 0 Å². The van der Waals surface area contributed by atoms with E-state index in [1.807, 2.05) is 30.3 Å². The van der Waals surface area contributed by atoms with E-state index in [4.69, 9.17) is 9.84 Å². The molecule has 2 aromatic rings. The molecule has 17 heavy (non-hydrogen) atoms. The maximum absolute atomic E-state index is 10.9. The fourth-order valence-corrected chi connectivity index (χ4v) is 1.43. The molecule has 0 bridgehead atoms. The second-order valence-corrected chi connectivity index (χ2v) is 3.44. The molecular weight excluding hydrogens is 218 g/mol. The predicted molar refractivity (Wildman–Crippen MR) is 62.0 cm³/mol. The van der Waals surface area contributed by atoms with Crippen molar-refractivity contribution in [2.75, 3.05) is 0 Å². The summed E-state index contributed by atoms with van der Waals surface area (Å²) in [5, 5.41) is 8.98. The van der Waals surface area contributed by atoms with Crippen molar-refractivity contribution in [3.63, 3.8) is 0 Å². The molecule has 0 aliphatic heterocycles. The van der Waals surface area contributed by atoms with Crippen LogP contribution in [0.1, 0.15) is 15.9 Å². The first-order chi connectivity index (χ1) is 8.27. The van der Waals surface area contributed by atoms with Crippen molar-refractivity contribution in [3.8, 4) is 5.75 Å². The molecule has 4 heteroatoms. The molecule has 0 amide bonds. The molecule has 1 aromatic heterocycles. The Morgan fingerprint density at radius 1 is 1.24 bits per heavy atom. The van der Waals surface area contributed by atoms with Crippen LogP contribution in [0.3, 0.4) is 0 Å². The van der Waals surface area contributed by atoms with E-state index in [1.54, 1.807) is 0 Å². The summed E-state index contributed by atoms with van der Waals surface area (Å²) in [6, 6.07) is 10.7. The lowest BCUT2D eigenvalue weighted by Crippen LogP contribution is -2.06. The van der Waals surface area contributed by atoms with Gasteiger partial charge in [0, 0.05) is 18.0 Å². The highest BCUT2D eigenvalue weighted by atomic mass is 16.5. The van der Waals surface area contributed by atoms with Crippen LogP contribution >= 0.6 is 0 Å². The lowest BCUT2D eigenvalue weighted by molar-refractivity contribution is 0.0693. The molecule has 4 nitrogen and oxygen atoms in total. The van der Waals surface area contributed by atoms with Crippen LogP contribution in [0.15, 0.2) is 48.8 Å². The van der Waals surface area contributed by atoms with Crippen LogP contribution < -0.4 is 4.74 Å². The number of para-hydroxylation sites is 1. The Bertz CT molecular complexity index is 511. The van der Waals surface area contributed by atoms with Gasteiger partial charge in [-0.1, -0.05) is 18.2 Å². The number of carboxylic acids is 1. The number of pyridine rings is 1. The molecular formula is C13H11NO3. The van der Waals surface area contributed by atoms with Crippen molar-refractivity contribution in [1.82, 2.24) is 4.98 Å². The topological polar surface area (TPSA) is 59.4 Å². The number of hydrogen-bond acceptors (Lipinski definition) is 3. The summed E-state index contributed by atoms with van der Waals surface area (Å²) in [5.74, 6) is -0.272. The maximum Gasteiger partial charge on any atom is 0.336 e. The van der Waals surface area contributed by atoms with Crippen molar-refractivity contribution in [2.45, 2.75) is 6.61 Å². The summed E-state index contributed by atoms with van der Waals surface area (Å²) in [5.41, 5.74) is 0.778. The fraction of sp³-hybridized carbons (Fsp3) is 0.0769. The highest BCUT2D eigenvalue weighted by Gasteiger charge is 2.09. The largest absolute Gasteiger partial charge is 0.489 e. The monoisotopic (exact) mass is 229 g/mol. The molecule has 1 aromatic carbocycles. The molecule has 0 atom stereocenters. The van der Waals surface area contributed by atoms with Gasteiger partial charge in [-0.2, -0.15) is 0 Å². The number of hydrogen-bond donors (Lipinski definition) is 1. The summed E-state index contributed by atoms with van der Waals surface area (Å²) >= 11 is 0. The van der Waals surface area contributed by atoms with Crippen LogP contribution in [0.2, 0.25) is 0 Å². The number of nitrogens with zero attached hydrogens (tertiary/aromatic N) is 1. The number of carbonyl (C=O) groups is 1. The highest BCUT2D eigenvalue weighted by Crippen LogP contribution is 2.13. The predicted octanol–water partition coefficient (Wildman–Crippen LogP) is 2.36. The highest BCUT2D eigenvalue weighted by molar-refractivity contribution is 5.89. The first kappa shape index (κ1) is 11.1. The lowest BCUT2D eigenvalue weighted by atomic mass is 10.1. The van der Waals surface area contributed by atoms with Gasteiger partial charge in [-0.15, -0.1) is 0 Å². The Morgan fingerprint density at radius 3 is 2.71 bits per heavy atom. The van der Waals surface area contributed by atoms with Gasteiger partial charge in [-0.05, 0) is 18.2 Å². The van der Waals surface area contributed by atoms with Gasteiger partial charge in [0.15, 0.2) is 0 Å². The normalized spacial score (nSPS) is 9.88. The summed E-state index contributed by atoms with van der Waals surface area (Å²) in [4.78, 5) is 14.8. The number of benzene rings is 1. The molecule has 0 spiro atoms. The zero-order chi connectivity index (χ0) is 12.1. The zero-order valence-electron chi connectivity index (χ0n) is 9.04. The van der Waals surface area contributed by atoms with E-state index in [0.29, 0.717) is 11.3 Å². The van der Waals surface area contributed by atoms with Gasteiger partial charge in [-0.25, -0.2) is 4.79 Å². The minimum Gasteiger partial charge on any atom is -0.489 e. The van der Waals surface area contributed by atoms with E-state index >= 15 is 0 Å². The SMILES string of the molecule is O=C(O)c1ccncc1COc1ccccc1. The van der Waals surface area contributed by atoms with E-state index in [2.05, 4.69) is 4.98 Å². The third kappa shape index (κ3) is 2.81. The molecule has 86 valence electrons. The Hall–Kier alpha value is -2.36. The van der Waals surface area contributed by atoms with Gasteiger partial charge in [-0.3, -0.25) is 4.98 Å². The van der Waals surface area contributed by atoms with Gasteiger partial charge in [0.1, 0.15) is 12.4 Å². The molecule has 2 rings (SSSR count). The van der Waals surface area contributed by atoms with Crippen molar-refractivity contribution in [2.24, 2.45) is 0 Å². The first-order valence-electron chi connectivity index (χ1n) is 5.11. The van der Waals surface area contributed by atoms with Gasteiger partial charge >= 0.3 is 5.97 Å². The van der Waals surface area contributed by atoms with Crippen molar-refractivity contribution in [1.29, 1.82) is 0 Å². The van der Waals surface area contributed by atoms with Crippen molar-refractivity contribution in [3.05, 3.63) is 59.9 Å². The molecule has 0 unspecified atom stereocenters. The third-order valence-corrected chi connectivity index (χ3v) is 2.27.